The Labute approximate surface area is 208 Å². The summed E-state index contributed by atoms with van der Waals surface area (Å²) in [7, 11) is 0. The molecule has 192 valence electrons. The van der Waals surface area contributed by atoms with Crippen LogP contribution in [0, 0.1) is 0 Å². The third-order valence-corrected chi connectivity index (χ3v) is 6.10. The Morgan fingerprint density at radius 3 is 2.66 bits per heavy atom. The molecule has 0 aliphatic carbocycles. The Morgan fingerprint density at radius 1 is 1.26 bits per heavy atom. The lowest BCUT2D eigenvalue weighted by Gasteiger charge is -2.44. The Bertz CT molecular complexity index is 938. The van der Waals surface area contributed by atoms with E-state index < -0.39 is 0 Å². The third kappa shape index (κ3) is 7.86. The van der Waals surface area contributed by atoms with Gasteiger partial charge >= 0.3 is 6.09 Å². The molecule has 0 radical (unpaired) electrons. The minimum absolute atomic E-state index is 0.184. The lowest BCUT2D eigenvalue weighted by Crippen LogP contribution is -2.60. The van der Waals surface area contributed by atoms with Gasteiger partial charge in [0.15, 0.2) is 0 Å². The highest BCUT2D eigenvalue weighted by molar-refractivity contribution is 6.30. The number of ether oxygens (including phenoxy) is 2. The highest BCUT2D eigenvalue weighted by atomic mass is 35.5. The molecule has 2 N–H and O–H groups in total. The summed E-state index contributed by atoms with van der Waals surface area (Å²) in [4.78, 5) is 37.1. The van der Waals surface area contributed by atoms with Gasteiger partial charge in [-0.1, -0.05) is 18.5 Å². The largest absolute Gasteiger partial charge is 0.493 e. The summed E-state index contributed by atoms with van der Waals surface area (Å²) < 4.78 is 13.5. The number of amides is 1. The van der Waals surface area contributed by atoms with Crippen molar-refractivity contribution in [3.8, 4) is 5.75 Å². The Balaban J connectivity index is 0.000000655. The van der Waals surface area contributed by atoms with Gasteiger partial charge in [-0.25, -0.2) is 9.78 Å². The number of fused-ring (bicyclic) bond motifs is 1. The van der Waals surface area contributed by atoms with Gasteiger partial charge in [0.2, 0.25) is 0 Å². The van der Waals surface area contributed by atoms with E-state index in [1.165, 1.54) is 0 Å². The Hall–Kier alpha value is -3.31. The van der Waals surface area contributed by atoms with Crippen LogP contribution in [0.4, 0.5) is 4.79 Å². The number of hydrogen-bond acceptors (Lipinski definition) is 7. The second-order valence-corrected chi connectivity index (χ2v) is 8.40. The van der Waals surface area contributed by atoms with Gasteiger partial charge in [-0.15, -0.1) is 0 Å². The molecule has 0 bridgehead atoms. The molecule has 4 rings (SSSR count). The smallest absolute Gasteiger partial charge is 0.410 e. The average Bonchev–Trinajstić information content (AvgIpc) is 3.47. The van der Waals surface area contributed by atoms with Crippen LogP contribution in [0.1, 0.15) is 25.3 Å². The van der Waals surface area contributed by atoms with Crippen molar-refractivity contribution in [3.05, 3.63) is 47.5 Å². The predicted octanol–water partition coefficient (Wildman–Crippen LogP) is 2.82. The molecule has 0 saturated carbocycles. The number of aryl methyl sites for hydroxylation is 1. The Morgan fingerprint density at radius 2 is 2.00 bits per heavy atom. The molecule has 1 amide bonds. The standard InChI is InChI=1S/C21H27ClN4O3.2CH2O2/c1-2-21-14-25(9-10-26(21)20(27)29-15-21)13-17-12-18(22)4-5-19(17)28-11-3-7-24-8-6-23-16-24;2*2-1-3/h4-6,8,12,16H,2-3,7,9-11,13-15H2,1H3;2*1H,(H,2,3). The first-order chi connectivity index (χ1) is 16.9. The van der Waals surface area contributed by atoms with Crippen molar-refractivity contribution in [2.45, 2.75) is 38.4 Å². The lowest BCUT2D eigenvalue weighted by molar-refractivity contribution is -0.123. The van der Waals surface area contributed by atoms with Gasteiger partial charge in [-0.2, -0.15) is 0 Å². The first-order valence-electron chi connectivity index (χ1n) is 11.1. The number of cyclic esters (lactones) is 1. The molecular weight excluding hydrogens is 480 g/mol. The van der Waals surface area contributed by atoms with Gasteiger partial charge in [0.25, 0.3) is 12.9 Å². The van der Waals surface area contributed by atoms with Crippen LogP contribution in [0.3, 0.4) is 0 Å². The first kappa shape index (κ1) is 27.9. The zero-order chi connectivity index (χ0) is 25.7. The van der Waals surface area contributed by atoms with Crippen LogP contribution in [-0.2, 0) is 27.4 Å². The van der Waals surface area contributed by atoms with Crippen LogP contribution in [0.2, 0.25) is 5.02 Å². The molecule has 2 aliphatic heterocycles. The highest BCUT2D eigenvalue weighted by Crippen LogP contribution is 2.33. The minimum Gasteiger partial charge on any atom is -0.493 e. The summed E-state index contributed by atoms with van der Waals surface area (Å²) >= 11 is 6.27. The molecular formula is C23H31ClN4O7. The van der Waals surface area contributed by atoms with Gasteiger partial charge < -0.3 is 24.3 Å². The van der Waals surface area contributed by atoms with Crippen LogP contribution in [0.5, 0.6) is 5.75 Å². The van der Waals surface area contributed by atoms with E-state index in [2.05, 4.69) is 16.8 Å². The van der Waals surface area contributed by atoms with E-state index in [-0.39, 0.29) is 24.6 Å². The second kappa shape index (κ2) is 14.2. The van der Waals surface area contributed by atoms with E-state index in [1.807, 2.05) is 40.2 Å². The van der Waals surface area contributed by atoms with Crippen LogP contribution < -0.4 is 4.74 Å². The molecule has 2 fully saturated rings. The van der Waals surface area contributed by atoms with Gasteiger partial charge in [0.1, 0.15) is 12.4 Å². The monoisotopic (exact) mass is 510 g/mol. The molecule has 11 nitrogen and oxygen atoms in total. The van der Waals surface area contributed by atoms with Crippen molar-refractivity contribution in [2.24, 2.45) is 0 Å². The number of aromatic nitrogens is 2. The molecule has 0 spiro atoms. The summed E-state index contributed by atoms with van der Waals surface area (Å²) in [5.74, 6) is 0.867. The van der Waals surface area contributed by atoms with Crippen LogP contribution in [0.15, 0.2) is 36.9 Å². The van der Waals surface area contributed by atoms with Gasteiger partial charge in [-0.05, 0) is 31.0 Å². The molecule has 1 aromatic carbocycles. The van der Waals surface area contributed by atoms with E-state index in [1.54, 1.807) is 6.20 Å². The fourth-order valence-electron chi connectivity index (χ4n) is 4.18. The fraction of sp³-hybridized carbons (Fsp3) is 0.478. The topological polar surface area (TPSA) is 134 Å². The molecule has 1 atom stereocenters. The van der Waals surface area contributed by atoms with Crippen LogP contribution >= 0.6 is 11.6 Å². The SMILES string of the molecule is CCC12COC(=O)N1CCN(Cc1cc(Cl)ccc1OCCCn1ccnc1)C2.O=CO.O=CO. The molecule has 2 aliphatic rings. The number of benzene rings is 1. The van der Waals surface area contributed by atoms with Gasteiger partial charge in [0, 0.05) is 55.7 Å². The Kier molecular flexibility index (Phi) is 11.3. The fourth-order valence-corrected chi connectivity index (χ4v) is 4.38. The number of carboxylic acid groups (broad SMARTS) is 2. The van der Waals surface area contributed by atoms with E-state index in [0.717, 1.165) is 50.3 Å². The molecule has 3 heterocycles. The lowest BCUT2D eigenvalue weighted by atomic mass is 9.92. The van der Waals surface area contributed by atoms with Gasteiger partial charge in [0.05, 0.1) is 18.5 Å². The second-order valence-electron chi connectivity index (χ2n) is 7.96. The molecule has 1 aromatic heterocycles. The highest BCUT2D eigenvalue weighted by Gasteiger charge is 2.49. The number of imidazole rings is 1. The summed E-state index contributed by atoms with van der Waals surface area (Å²) in [6, 6.07) is 5.79. The van der Waals surface area contributed by atoms with Crippen LogP contribution in [0.25, 0.3) is 0 Å². The van der Waals surface area contributed by atoms with E-state index in [0.29, 0.717) is 24.8 Å². The number of nitrogens with zero attached hydrogens (tertiary/aromatic N) is 4. The van der Waals surface area contributed by atoms with Crippen molar-refractivity contribution < 1.29 is 34.1 Å². The molecule has 12 heteroatoms. The molecule has 2 aromatic rings. The van der Waals surface area contributed by atoms with E-state index >= 15 is 0 Å². The number of halogens is 1. The van der Waals surface area contributed by atoms with Gasteiger partial charge in [-0.3, -0.25) is 19.4 Å². The summed E-state index contributed by atoms with van der Waals surface area (Å²) in [6.45, 7) is 6.61. The van der Waals surface area contributed by atoms with Crippen molar-refractivity contribution in [1.82, 2.24) is 19.4 Å². The maximum absolute atomic E-state index is 12.0. The maximum Gasteiger partial charge on any atom is 0.410 e. The maximum atomic E-state index is 12.0. The number of hydrogen-bond donors (Lipinski definition) is 2. The number of piperazine rings is 1. The van der Waals surface area contributed by atoms with Crippen LogP contribution in [-0.4, -0.2) is 87.0 Å². The minimum atomic E-state index is -0.250. The zero-order valence-corrected chi connectivity index (χ0v) is 20.3. The first-order valence-corrected chi connectivity index (χ1v) is 11.5. The molecule has 35 heavy (non-hydrogen) atoms. The third-order valence-electron chi connectivity index (χ3n) is 5.87. The van der Waals surface area contributed by atoms with Crippen molar-refractivity contribution in [3.63, 3.8) is 0 Å². The number of carbonyl (C=O) groups is 3. The van der Waals surface area contributed by atoms with Crippen molar-refractivity contribution in [2.75, 3.05) is 32.8 Å². The number of carbonyl (C=O) groups excluding carboxylic acids is 1. The molecule has 1 unspecified atom stereocenters. The zero-order valence-electron chi connectivity index (χ0n) is 19.6. The van der Waals surface area contributed by atoms with Crippen molar-refractivity contribution in [1.29, 1.82) is 0 Å². The quantitative estimate of drug-likeness (QED) is 0.406. The number of rotatable bonds is 8. The predicted molar refractivity (Wildman–Crippen MR) is 128 cm³/mol. The average molecular weight is 511 g/mol. The van der Waals surface area contributed by atoms with E-state index in [4.69, 9.17) is 40.9 Å². The summed E-state index contributed by atoms with van der Waals surface area (Å²) in [6.07, 6.45) is 7.14. The normalized spacial score (nSPS) is 18.8. The van der Waals surface area contributed by atoms with E-state index in [9.17, 15) is 4.79 Å². The summed E-state index contributed by atoms with van der Waals surface area (Å²) in [5, 5.41) is 14.5. The van der Waals surface area contributed by atoms with Crippen molar-refractivity contribution >= 4 is 30.6 Å². The molecule has 2 saturated heterocycles. The summed E-state index contributed by atoms with van der Waals surface area (Å²) in [5.41, 5.74) is 0.852.